The SMILES string of the molecule is CCCCCCCCCCCCCCCC(=O)[C@@](O[C@@](C)(N)C(=O)N[C@H](CCC(=O)N(CC(C)O[C@@H]1[C@@H](N)[C@@H](O)O[C@H](CO)[C@H]1O)[C@](C)(C(C)=O)C(=O)O)C(N)=O)(C(=O)C(CCCCCCCCCCCCCC)NCCO[P+](=O)O)[C@@H](O)CO. The zero-order valence-corrected chi connectivity index (χ0v) is 52.8. The van der Waals surface area contributed by atoms with E-state index in [1.807, 2.05) is 0 Å². The van der Waals surface area contributed by atoms with Gasteiger partial charge in [-0.05, 0) is 47.0 Å². The Morgan fingerprint density at radius 1 is 0.741 bits per heavy atom. The number of nitrogens with zero attached hydrogens (tertiary/aromatic N) is 1. The lowest BCUT2D eigenvalue weighted by Crippen LogP contribution is -2.70. The number of primary amides is 1. The number of aliphatic hydroxyl groups is 5. The molecule has 0 aromatic rings. The molecule has 0 bridgehead atoms. The fourth-order valence-corrected chi connectivity index (χ4v) is 10.9. The largest absolute Gasteiger partial charge is 0.694 e. The number of unbranched alkanes of at least 4 members (excludes halogenated alkanes) is 23. The maximum absolute atomic E-state index is 15.3. The Bertz CT molecular complexity index is 1980. The highest BCUT2D eigenvalue weighted by Gasteiger charge is 2.58. The van der Waals surface area contributed by atoms with E-state index in [2.05, 4.69) is 24.5 Å². The van der Waals surface area contributed by atoms with Gasteiger partial charge in [-0.25, -0.2) is 4.79 Å². The Hall–Kier alpha value is -3.53. The van der Waals surface area contributed by atoms with E-state index < -0.39 is 154 Å². The average molecular weight is 1240 g/mol. The minimum Gasteiger partial charge on any atom is -0.479 e. The van der Waals surface area contributed by atoms with Gasteiger partial charge in [-0.2, -0.15) is 0 Å². The third-order valence-corrected chi connectivity index (χ3v) is 16.5. The molecule has 0 saturated carbocycles. The van der Waals surface area contributed by atoms with Gasteiger partial charge in [0, 0.05) is 30.5 Å². The van der Waals surface area contributed by atoms with Crippen LogP contribution in [0.15, 0.2) is 0 Å². The molecular formula is C59H110N6O19P+. The maximum atomic E-state index is 15.3. The van der Waals surface area contributed by atoms with Gasteiger partial charge in [0.1, 0.15) is 37.1 Å². The summed E-state index contributed by atoms with van der Waals surface area (Å²) in [6, 6.07) is -4.54. The molecule has 1 aliphatic rings. The predicted molar refractivity (Wildman–Crippen MR) is 318 cm³/mol. The second kappa shape index (κ2) is 43.2. The van der Waals surface area contributed by atoms with Crippen molar-refractivity contribution in [2.75, 3.05) is 32.9 Å². The second-order valence-corrected chi connectivity index (χ2v) is 24.0. The number of amides is 3. The van der Waals surface area contributed by atoms with Crippen molar-refractivity contribution in [1.82, 2.24) is 15.5 Å². The molecule has 26 heteroatoms. The van der Waals surface area contributed by atoms with Crippen LogP contribution >= 0.6 is 8.25 Å². The van der Waals surface area contributed by atoms with E-state index in [9.17, 15) is 68.9 Å². The zero-order valence-electron chi connectivity index (χ0n) is 51.9. The van der Waals surface area contributed by atoms with Crippen molar-refractivity contribution in [3.05, 3.63) is 0 Å². The number of ketones is 3. The summed E-state index contributed by atoms with van der Waals surface area (Å²) in [5.41, 5.74) is 9.91. The first-order chi connectivity index (χ1) is 40.2. The van der Waals surface area contributed by atoms with E-state index in [1.165, 1.54) is 77.6 Å². The van der Waals surface area contributed by atoms with Gasteiger partial charge in [0.15, 0.2) is 34.9 Å². The van der Waals surface area contributed by atoms with Crippen LogP contribution in [0, 0.1) is 0 Å². The fourth-order valence-electron chi connectivity index (χ4n) is 10.6. The van der Waals surface area contributed by atoms with Crippen LogP contribution in [0.5, 0.6) is 0 Å². The van der Waals surface area contributed by atoms with E-state index in [-0.39, 0.29) is 32.4 Å². The van der Waals surface area contributed by atoms with Gasteiger partial charge in [0.2, 0.25) is 17.4 Å². The van der Waals surface area contributed by atoms with Gasteiger partial charge in [0.05, 0.1) is 31.4 Å². The first-order valence-corrected chi connectivity index (χ1v) is 32.4. The normalized spacial score (nSPS) is 20.9. The third-order valence-electron chi connectivity index (χ3n) is 16.1. The number of carbonyl (C=O) groups is 7. The van der Waals surface area contributed by atoms with Crippen molar-refractivity contribution in [3.63, 3.8) is 0 Å². The van der Waals surface area contributed by atoms with Gasteiger partial charge in [-0.3, -0.25) is 34.5 Å². The summed E-state index contributed by atoms with van der Waals surface area (Å²) in [6.45, 7) is 5.32. The summed E-state index contributed by atoms with van der Waals surface area (Å²) in [5, 5.41) is 68.8. The minimum absolute atomic E-state index is 0.0485. The summed E-state index contributed by atoms with van der Waals surface area (Å²) in [5.74, 6) is -8.60. The summed E-state index contributed by atoms with van der Waals surface area (Å²) in [7, 11) is -3.02. The van der Waals surface area contributed by atoms with Crippen molar-refractivity contribution in [3.8, 4) is 0 Å². The summed E-state index contributed by atoms with van der Waals surface area (Å²) in [6.07, 6.45) is 13.6. The molecule has 25 nitrogen and oxygen atoms in total. The first kappa shape index (κ1) is 79.5. The van der Waals surface area contributed by atoms with Crippen LogP contribution in [0.25, 0.3) is 0 Å². The van der Waals surface area contributed by atoms with Crippen LogP contribution < -0.4 is 27.8 Å². The molecule has 1 saturated heterocycles. The summed E-state index contributed by atoms with van der Waals surface area (Å²) in [4.78, 5) is 108. The number of Topliss-reactive ketones (excluding diaryl/α,β-unsaturated/α-hetero) is 3. The highest BCUT2D eigenvalue weighted by molar-refractivity contribution is 7.32. The number of hydrogen-bond acceptors (Lipinski definition) is 20. The zero-order chi connectivity index (χ0) is 64.2. The van der Waals surface area contributed by atoms with E-state index in [1.54, 1.807) is 0 Å². The number of carboxylic acid groups (broad SMARTS) is 1. The van der Waals surface area contributed by atoms with Crippen molar-refractivity contribution in [1.29, 1.82) is 0 Å². The van der Waals surface area contributed by atoms with Crippen LogP contribution in [0.1, 0.15) is 228 Å². The standard InChI is InChI=1S/C59H109N6O19P/c1-7-9-11-13-15-17-19-21-23-25-27-29-31-33-46(69)59(47(70)40-67,52(73)43(63-36-37-81-85(79)80)32-30-28-26-24-22-20-18-16-14-12-10-8-2)84-58(6,62)55(76)64-44(53(61)74)34-35-48(71)65(57(5,42(4)68)56(77)78)38-41(3)82-51-49(60)54(75)83-45(39-66)50(51)72/h41,43-45,47,49-51,54,63,66-67,70,72,75H,7-40,60,62H2,1-6H3,(H4-,61,64,74,76,77,78,79,80)/p+1/t41?,43?,44-,45-,47+,49-,50-,51-,54+,57-,58-,59+/m1/s1. The number of carboxylic acids is 1. The number of ether oxygens (including phenoxy) is 3. The molecule has 13 atom stereocenters. The third kappa shape index (κ3) is 27.8. The summed E-state index contributed by atoms with van der Waals surface area (Å²) < 4.78 is 33.4. The van der Waals surface area contributed by atoms with E-state index in [0.29, 0.717) is 24.2 Å². The Morgan fingerprint density at radius 2 is 1.22 bits per heavy atom. The molecule has 1 rings (SSSR count). The van der Waals surface area contributed by atoms with E-state index in [0.717, 1.165) is 85.0 Å². The van der Waals surface area contributed by atoms with Gasteiger partial charge in [-0.15, -0.1) is 9.42 Å². The number of hydrogen-bond donors (Lipinski definition) is 12. The van der Waals surface area contributed by atoms with Crippen molar-refractivity contribution < 1.29 is 92.4 Å². The quantitative estimate of drug-likeness (QED) is 0.0175. The van der Waals surface area contributed by atoms with Crippen LogP contribution in [0.4, 0.5) is 0 Å². The molecule has 15 N–H and O–H groups in total. The minimum atomic E-state index is -3.04. The van der Waals surface area contributed by atoms with Crippen LogP contribution in [-0.2, 0) is 56.9 Å². The molecule has 0 aromatic carbocycles. The molecule has 0 aliphatic carbocycles. The first-order valence-electron chi connectivity index (χ1n) is 31.3. The van der Waals surface area contributed by atoms with Crippen molar-refractivity contribution >= 4 is 49.3 Å². The number of nitrogens with one attached hydrogen (secondary N) is 2. The van der Waals surface area contributed by atoms with Gasteiger partial charge >= 0.3 is 14.2 Å². The number of aliphatic carboxylic acids is 1. The Balaban J connectivity index is 3.59. The second-order valence-electron chi connectivity index (χ2n) is 23.3. The molecule has 3 amide bonds. The number of nitrogens with two attached hydrogens (primary N) is 3. The molecule has 3 unspecified atom stereocenters. The molecule has 1 heterocycles. The molecule has 1 fully saturated rings. The van der Waals surface area contributed by atoms with Crippen LogP contribution in [-0.4, -0.2) is 186 Å². The molecule has 0 spiro atoms. The lowest BCUT2D eigenvalue weighted by molar-refractivity contribution is -0.263. The molecule has 1 aliphatic heterocycles. The highest BCUT2D eigenvalue weighted by Crippen LogP contribution is 2.32. The maximum Gasteiger partial charge on any atom is 0.694 e. The Kier molecular flexibility index (Phi) is 40.4. The van der Waals surface area contributed by atoms with Gasteiger partial charge in [0.25, 0.3) is 5.91 Å². The highest BCUT2D eigenvalue weighted by atomic mass is 31.1. The molecular weight excluding hydrogens is 1130 g/mol. The van der Waals surface area contributed by atoms with Crippen LogP contribution in [0.2, 0.25) is 0 Å². The lowest BCUT2D eigenvalue weighted by atomic mass is 9.79. The van der Waals surface area contributed by atoms with E-state index in [4.69, 9.17) is 35.9 Å². The van der Waals surface area contributed by atoms with Gasteiger partial charge in [-0.1, -0.05) is 168 Å². The molecule has 0 radical (unpaired) electrons. The van der Waals surface area contributed by atoms with Crippen LogP contribution in [0.3, 0.4) is 0 Å². The van der Waals surface area contributed by atoms with Crippen molar-refractivity contribution in [2.24, 2.45) is 17.2 Å². The Labute approximate surface area is 505 Å². The number of carbonyl (C=O) groups excluding carboxylic acids is 6. The summed E-state index contributed by atoms with van der Waals surface area (Å²) >= 11 is 0. The monoisotopic (exact) mass is 1240 g/mol. The smallest absolute Gasteiger partial charge is 0.479 e. The molecule has 494 valence electrons. The van der Waals surface area contributed by atoms with Gasteiger partial charge < -0.3 is 71.9 Å². The number of aliphatic hydroxyl groups excluding tert-OH is 5. The predicted octanol–water partition coefficient (Wildman–Crippen LogP) is 4.29. The fraction of sp³-hybridized carbons (Fsp3) is 0.881. The lowest BCUT2D eigenvalue weighted by Gasteiger charge is -2.43. The Morgan fingerprint density at radius 3 is 1.66 bits per heavy atom. The van der Waals surface area contributed by atoms with E-state index >= 15 is 4.79 Å². The molecule has 0 aromatic heterocycles. The van der Waals surface area contributed by atoms with Crippen molar-refractivity contribution in [2.45, 2.75) is 300 Å². The number of rotatable bonds is 53. The topological polar surface area (TPSA) is 420 Å². The molecule has 85 heavy (non-hydrogen) atoms. The average Bonchev–Trinajstić information content (AvgIpc) is 1.21.